The van der Waals surface area contributed by atoms with Crippen molar-refractivity contribution in [3.8, 4) is 11.4 Å². The van der Waals surface area contributed by atoms with E-state index in [9.17, 15) is 9.18 Å². The van der Waals surface area contributed by atoms with Gasteiger partial charge in [-0.15, -0.1) is 0 Å². The van der Waals surface area contributed by atoms with Crippen molar-refractivity contribution < 1.29 is 9.18 Å². The molecule has 0 radical (unpaired) electrons. The Morgan fingerprint density at radius 3 is 2.41 bits per heavy atom. The maximum absolute atomic E-state index is 13.2. The van der Waals surface area contributed by atoms with Crippen LogP contribution in [-0.2, 0) is 0 Å². The minimum atomic E-state index is -0.318. The van der Waals surface area contributed by atoms with Gasteiger partial charge in [0.25, 0.3) is 5.91 Å². The smallest absolute Gasteiger partial charge is 0.259 e. The Bertz CT molecular complexity index is 938. The molecule has 1 N–H and O–H groups in total. The van der Waals surface area contributed by atoms with Crippen LogP contribution in [-0.4, -0.2) is 33.9 Å². The average Bonchev–Trinajstić information content (AvgIpc) is 3.25. The number of carbonyl (C=O) groups is 1. The van der Waals surface area contributed by atoms with E-state index in [1.54, 1.807) is 18.3 Å². The summed E-state index contributed by atoms with van der Waals surface area (Å²) in [5.74, 6) is 0.545. The van der Waals surface area contributed by atoms with Gasteiger partial charge in [0.1, 0.15) is 17.2 Å². The molecule has 5 nitrogen and oxygen atoms in total. The first kappa shape index (κ1) is 17.1. The van der Waals surface area contributed by atoms with E-state index >= 15 is 0 Å². The second-order valence-electron chi connectivity index (χ2n) is 6.45. The number of hydrogen-bond donors (Lipinski definition) is 1. The van der Waals surface area contributed by atoms with E-state index < -0.39 is 0 Å². The number of rotatable bonds is 4. The van der Waals surface area contributed by atoms with Gasteiger partial charge in [-0.25, -0.2) is 14.4 Å². The second-order valence-corrected chi connectivity index (χ2v) is 6.45. The molecule has 0 saturated carbocycles. The zero-order chi connectivity index (χ0) is 18.6. The Labute approximate surface area is 156 Å². The van der Waals surface area contributed by atoms with Crippen molar-refractivity contribution in [3.63, 3.8) is 0 Å². The molecule has 1 aromatic heterocycles. The molecule has 1 fully saturated rings. The summed E-state index contributed by atoms with van der Waals surface area (Å²) in [4.78, 5) is 23.7. The van der Waals surface area contributed by atoms with Crippen LogP contribution in [0.2, 0.25) is 0 Å². The van der Waals surface area contributed by atoms with Gasteiger partial charge in [-0.05, 0) is 37.1 Å². The quantitative estimate of drug-likeness (QED) is 0.753. The molecule has 3 aromatic rings. The van der Waals surface area contributed by atoms with Crippen molar-refractivity contribution in [1.29, 1.82) is 0 Å². The number of halogens is 1. The second kappa shape index (κ2) is 7.53. The number of likely N-dealkylation sites (tertiary alicyclic amines) is 1. The van der Waals surface area contributed by atoms with Crippen molar-refractivity contribution >= 4 is 17.4 Å². The van der Waals surface area contributed by atoms with Gasteiger partial charge in [-0.1, -0.05) is 30.3 Å². The first-order valence-corrected chi connectivity index (χ1v) is 8.95. The van der Waals surface area contributed by atoms with Gasteiger partial charge in [-0.2, -0.15) is 0 Å². The number of anilines is 2. The first-order chi connectivity index (χ1) is 13.2. The molecule has 2 heterocycles. The van der Waals surface area contributed by atoms with Gasteiger partial charge in [0.15, 0.2) is 5.82 Å². The molecule has 0 unspecified atom stereocenters. The Kier molecular flexibility index (Phi) is 4.78. The van der Waals surface area contributed by atoms with E-state index in [1.165, 1.54) is 12.1 Å². The molecule has 1 saturated heterocycles. The van der Waals surface area contributed by atoms with Gasteiger partial charge in [0.2, 0.25) is 0 Å². The molecule has 1 aliphatic heterocycles. The van der Waals surface area contributed by atoms with Gasteiger partial charge in [0, 0.05) is 30.5 Å². The maximum Gasteiger partial charge on any atom is 0.259 e. The van der Waals surface area contributed by atoms with Crippen molar-refractivity contribution in [2.24, 2.45) is 0 Å². The van der Waals surface area contributed by atoms with Crippen molar-refractivity contribution in [2.45, 2.75) is 12.8 Å². The van der Waals surface area contributed by atoms with E-state index in [0.717, 1.165) is 31.5 Å². The van der Waals surface area contributed by atoms with E-state index in [2.05, 4.69) is 15.3 Å². The van der Waals surface area contributed by atoms with Crippen molar-refractivity contribution in [1.82, 2.24) is 14.9 Å². The summed E-state index contributed by atoms with van der Waals surface area (Å²) in [6.07, 6.45) is 3.59. The predicted octanol–water partition coefficient (Wildman–Crippen LogP) is 4.26. The fourth-order valence-electron chi connectivity index (χ4n) is 3.12. The normalized spacial score (nSPS) is 13.6. The molecule has 27 heavy (non-hydrogen) atoms. The Hall–Kier alpha value is -3.28. The molecule has 1 aliphatic rings. The number of hydrogen-bond acceptors (Lipinski definition) is 4. The summed E-state index contributed by atoms with van der Waals surface area (Å²) in [5.41, 5.74) is 1.94. The third kappa shape index (κ3) is 3.79. The molecule has 2 aromatic carbocycles. The molecule has 4 rings (SSSR count). The Morgan fingerprint density at radius 1 is 1.00 bits per heavy atom. The van der Waals surface area contributed by atoms with Gasteiger partial charge in [-0.3, -0.25) is 4.79 Å². The standard InChI is InChI=1S/C21H19FN4O/c22-16-8-10-17(11-9-16)24-20-18(21(27)26-12-4-5-13-26)14-23-19(25-20)15-6-2-1-3-7-15/h1-3,6-11,14H,4-5,12-13H2,(H,23,24,25). The third-order valence-corrected chi connectivity index (χ3v) is 4.55. The summed E-state index contributed by atoms with van der Waals surface area (Å²) in [7, 11) is 0. The lowest BCUT2D eigenvalue weighted by Gasteiger charge is -2.18. The van der Waals surface area contributed by atoms with Crippen LogP contribution in [0, 0.1) is 5.82 Å². The summed E-state index contributed by atoms with van der Waals surface area (Å²) in [6.45, 7) is 1.49. The van der Waals surface area contributed by atoms with Crippen LogP contribution in [0.25, 0.3) is 11.4 Å². The van der Waals surface area contributed by atoms with Gasteiger partial charge >= 0.3 is 0 Å². The summed E-state index contributed by atoms with van der Waals surface area (Å²) in [5, 5.41) is 3.15. The monoisotopic (exact) mass is 362 g/mol. The number of carbonyl (C=O) groups excluding carboxylic acids is 1. The SMILES string of the molecule is O=C(c1cnc(-c2ccccc2)nc1Nc1ccc(F)cc1)N1CCCC1. The highest BCUT2D eigenvalue weighted by atomic mass is 19.1. The molecule has 0 spiro atoms. The van der Waals surface area contributed by atoms with Crippen LogP contribution in [0.4, 0.5) is 15.9 Å². The van der Waals surface area contributed by atoms with Crippen LogP contribution in [0.1, 0.15) is 23.2 Å². The summed E-state index contributed by atoms with van der Waals surface area (Å²) < 4.78 is 13.2. The van der Waals surface area contributed by atoms with Crippen molar-refractivity contribution in [2.75, 3.05) is 18.4 Å². The van der Waals surface area contributed by atoms with E-state index in [-0.39, 0.29) is 11.7 Å². The lowest BCUT2D eigenvalue weighted by atomic mass is 10.2. The van der Waals surface area contributed by atoms with Crippen LogP contribution in [0.3, 0.4) is 0 Å². The zero-order valence-electron chi connectivity index (χ0n) is 14.7. The Morgan fingerprint density at radius 2 is 1.70 bits per heavy atom. The van der Waals surface area contributed by atoms with Crippen LogP contribution < -0.4 is 5.32 Å². The molecule has 1 amide bonds. The van der Waals surface area contributed by atoms with Gasteiger partial charge < -0.3 is 10.2 Å². The molecular formula is C21H19FN4O. The maximum atomic E-state index is 13.2. The van der Waals surface area contributed by atoms with Crippen molar-refractivity contribution in [3.05, 3.63) is 72.2 Å². The minimum Gasteiger partial charge on any atom is -0.339 e. The summed E-state index contributed by atoms with van der Waals surface area (Å²) >= 11 is 0. The minimum absolute atomic E-state index is 0.0864. The van der Waals surface area contributed by atoms with Crippen LogP contribution in [0.5, 0.6) is 0 Å². The lowest BCUT2D eigenvalue weighted by Crippen LogP contribution is -2.28. The molecule has 0 atom stereocenters. The molecule has 0 aliphatic carbocycles. The topological polar surface area (TPSA) is 58.1 Å². The average molecular weight is 362 g/mol. The zero-order valence-corrected chi connectivity index (χ0v) is 14.7. The Balaban J connectivity index is 1.73. The van der Waals surface area contributed by atoms with Gasteiger partial charge in [0.05, 0.1) is 0 Å². The predicted molar refractivity (Wildman–Crippen MR) is 102 cm³/mol. The van der Waals surface area contributed by atoms with E-state index in [1.807, 2.05) is 35.2 Å². The summed E-state index contributed by atoms with van der Waals surface area (Å²) in [6, 6.07) is 15.5. The third-order valence-electron chi connectivity index (χ3n) is 4.55. The molecule has 6 heteroatoms. The number of amides is 1. The largest absolute Gasteiger partial charge is 0.339 e. The number of benzene rings is 2. The number of nitrogens with one attached hydrogen (secondary N) is 1. The van der Waals surface area contributed by atoms with E-state index in [0.29, 0.717) is 22.9 Å². The van der Waals surface area contributed by atoms with Crippen LogP contribution >= 0.6 is 0 Å². The number of aromatic nitrogens is 2. The van der Waals surface area contributed by atoms with E-state index in [4.69, 9.17) is 0 Å². The lowest BCUT2D eigenvalue weighted by molar-refractivity contribution is 0.0793. The molecular weight excluding hydrogens is 343 g/mol. The molecule has 0 bridgehead atoms. The highest BCUT2D eigenvalue weighted by Gasteiger charge is 2.23. The van der Waals surface area contributed by atoms with Crippen LogP contribution in [0.15, 0.2) is 60.8 Å². The highest BCUT2D eigenvalue weighted by Crippen LogP contribution is 2.25. The first-order valence-electron chi connectivity index (χ1n) is 8.95. The fraction of sp³-hybridized carbons (Fsp3) is 0.190. The highest BCUT2D eigenvalue weighted by molar-refractivity contribution is 5.99. The molecule has 136 valence electrons. The fourth-order valence-corrected chi connectivity index (χ4v) is 3.12. The number of nitrogens with zero attached hydrogens (tertiary/aromatic N) is 3.